The van der Waals surface area contributed by atoms with Gasteiger partial charge in [-0.3, -0.25) is 4.68 Å². The van der Waals surface area contributed by atoms with Crippen molar-refractivity contribution in [3.63, 3.8) is 0 Å². The van der Waals surface area contributed by atoms with Crippen LogP contribution < -0.4 is 5.32 Å². The Hall–Kier alpha value is -1.13. The molecule has 0 aliphatic heterocycles. The van der Waals surface area contributed by atoms with E-state index in [2.05, 4.69) is 29.5 Å². The lowest BCUT2D eigenvalue weighted by Crippen LogP contribution is -2.43. The molecule has 0 spiro atoms. The van der Waals surface area contributed by atoms with Gasteiger partial charge in [-0.2, -0.15) is 5.10 Å². The van der Waals surface area contributed by atoms with Crippen molar-refractivity contribution in [2.24, 2.45) is 24.8 Å². The molecule has 4 nitrogen and oxygen atoms in total. The first kappa shape index (κ1) is 13.8. The zero-order chi connectivity index (χ0) is 14.1. The summed E-state index contributed by atoms with van der Waals surface area (Å²) in [5, 5.41) is 17.8. The molecule has 3 aliphatic rings. The molecule has 5 unspecified atom stereocenters. The fraction of sp³-hybridized carbons (Fsp3) is 0.688. The molecule has 1 heterocycles. The van der Waals surface area contributed by atoms with Crippen LogP contribution >= 0.6 is 0 Å². The molecule has 2 N–H and O–H groups in total. The summed E-state index contributed by atoms with van der Waals surface area (Å²) in [6.07, 6.45) is 12.0. The van der Waals surface area contributed by atoms with Crippen LogP contribution in [0.4, 0.5) is 0 Å². The largest absolute Gasteiger partial charge is 0.387 e. The Morgan fingerprint density at radius 2 is 2.30 bits per heavy atom. The molecule has 1 saturated carbocycles. The van der Waals surface area contributed by atoms with Gasteiger partial charge in [0.25, 0.3) is 0 Å². The van der Waals surface area contributed by atoms with E-state index in [0.717, 1.165) is 23.3 Å². The van der Waals surface area contributed by atoms with Crippen molar-refractivity contribution in [3.8, 4) is 0 Å². The molecule has 4 heteroatoms. The third kappa shape index (κ3) is 2.81. The van der Waals surface area contributed by atoms with Crippen molar-refractivity contribution < 1.29 is 5.11 Å². The standard InChI is InChI=1S/C16H25N3O/c1-11(15-7-12-3-5-13(15)6-4-12)17-9-16(20)14-8-18-19(2)10-14/h3,5,8,10-13,15-17,20H,4,6-7,9H2,1-2H3. The lowest BCUT2D eigenvalue weighted by atomic mass is 9.67. The lowest BCUT2D eigenvalue weighted by molar-refractivity contribution is 0.141. The smallest absolute Gasteiger partial charge is 0.0944 e. The predicted molar refractivity (Wildman–Crippen MR) is 79.1 cm³/mol. The van der Waals surface area contributed by atoms with E-state index in [9.17, 15) is 5.11 Å². The second-order valence-electron chi connectivity index (χ2n) is 6.45. The highest BCUT2D eigenvalue weighted by atomic mass is 16.3. The van der Waals surface area contributed by atoms with Gasteiger partial charge >= 0.3 is 0 Å². The summed E-state index contributed by atoms with van der Waals surface area (Å²) >= 11 is 0. The molecule has 110 valence electrons. The van der Waals surface area contributed by atoms with Crippen LogP contribution in [0.5, 0.6) is 0 Å². The molecule has 20 heavy (non-hydrogen) atoms. The average Bonchev–Trinajstić information content (AvgIpc) is 2.92. The number of hydrogen-bond acceptors (Lipinski definition) is 3. The van der Waals surface area contributed by atoms with Crippen molar-refractivity contribution >= 4 is 0 Å². The van der Waals surface area contributed by atoms with Crippen LogP contribution in [-0.4, -0.2) is 27.5 Å². The number of rotatable bonds is 5. The number of aromatic nitrogens is 2. The zero-order valence-electron chi connectivity index (χ0n) is 12.4. The number of allylic oxidation sites excluding steroid dienone is 2. The lowest BCUT2D eigenvalue weighted by Gasteiger charge is -2.41. The molecular formula is C16H25N3O. The van der Waals surface area contributed by atoms with E-state index in [1.54, 1.807) is 10.9 Å². The van der Waals surface area contributed by atoms with Gasteiger partial charge in [-0.05, 0) is 43.9 Å². The van der Waals surface area contributed by atoms with Crippen molar-refractivity contribution in [1.82, 2.24) is 15.1 Å². The minimum absolute atomic E-state index is 0.457. The van der Waals surface area contributed by atoms with Crippen molar-refractivity contribution in [1.29, 1.82) is 0 Å². The van der Waals surface area contributed by atoms with E-state index in [0.29, 0.717) is 12.6 Å². The van der Waals surface area contributed by atoms with Gasteiger partial charge in [0.1, 0.15) is 0 Å². The Kier molecular flexibility index (Phi) is 3.94. The normalized spacial score (nSPS) is 31.4. The van der Waals surface area contributed by atoms with Crippen LogP contribution in [0, 0.1) is 17.8 Å². The van der Waals surface area contributed by atoms with Crippen LogP contribution in [0.25, 0.3) is 0 Å². The van der Waals surface area contributed by atoms with E-state index in [1.807, 2.05) is 13.2 Å². The Morgan fingerprint density at radius 3 is 2.85 bits per heavy atom. The van der Waals surface area contributed by atoms with Crippen LogP contribution in [0.1, 0.15) is 37.9 Å². The van der Waals surface area contributed by atoms with Crippen molar-refractivity contribution in [2.75, 3.05) is 6.54 Å². The zero-order valence-corrected chi connectivity index (χ0v) is 12.4. The number of aryl methyl sites for hydroxylation is 1. The van der Waals surface area contributed by atoms with Gasteiger partial charge in [0.05, 0.1) is 12.3 Å². The molecule has 0 aromatic carbocycles. The number of aliphatic hydroxyl groups is 1. The molecule has 4 rings (SSSR count). The fourth-order valence-corrected chi connectivity index (χ4v) is 3.73. The highest BCUT2D eigenvalue weighted by Crippen LogP contribution is 2.41. The van der Waals surface area contributed by atoms with Gasteiger partial charge in [-0.25, -0.2) is 0 Å². The van der Waals surface area contributed by atoms with Crippen LogP contribution in [0.2, 0.25) is 0 Å². The van der Waals surface area contributed by atoms with Gasteiger partial charge in [0, 0.05) is 31.4 Å². The molecule has 1 aromatic heterocycles. The van der Waals surface area contributed by atoms with E-state index in [1.165, 1.54) is 19.3 Å². The SMILES string of the molecule is CC(NCC(O)c1cnn(C)c1)C1CC2C=CC1CC2. The Labute approximate surface area is 120 Å². The number of fused-ring (bicyclic) bond motifs is 2. The summed E-state index contributed by atoms with van der Waals surface area (Å²) in [5.41, 5.74) is 0.886. The van der Waals surface area contributed by atoms with Gasteiger partial charge in [-0.15, -0.1) is 0 Å². The summed E-state index contributed by atoms with van der Waals surface area (Å²) in [6.45, 7) is 2.86. The summed E-state index contributed by atoms with van der Waals surface area (Å²) in [6, 6.07) is 0.457. The number of nitrogens with zero attached hydrogens (tertiary/aromatic N) is 2. The molecular weight excluding hydrogens is 250 g/mol. The topological polar surface area (TPSA) is 50.1 Å². The monoisotopic (exact) mass is 275 g/mol. The van der Waals surface area contributed by atoms with Gasteiger partial charge in [0.2, 0.25) is 0 Å². The summed E-state index contributed by atoms with van der Waals surface area (Å²) in [4.78, 5) is 0. The maximum Gasteiger partial charge on any atom is 0.0944 e. The van der Waals surface area contributed by atoms with E-state index in [-0.39, 0.29) is 0 Å². The highest BCUT2D eigenvalue weighted by molar-refractivity contribution is 5.09. The summed E-state index contributed by atoms with van der Waals surface area (Å²) < 4.78 is 1.73. The van der Waals surface area contributed by atoms with E-state index < -0.39 is 6.10 Å². The molecule has 1 fully saturated rings. The van der Waals surface area contributed by atoms with E-state index in [4.69, 9.17) is 0 Å². The molecule has 0 amide bonds. The van der Waals surface area contributed by atoms with Crippen molar-refractivity contribution in [2.45, 2.75) is 38.3 Å². The summed E-state index contributed by atoms with van der Waals surface area (Å²) in [5.74, 6) is 2.25. The second-order valence-corrected chi connectivity index (χ2v) is 6.45. The van der Waals surface area contributed by atoms with Gasteiger partial charge in [0.15, 0.2) is 0 Å². The third-order valence-corrected chi connectivity index (χ3v) is 5.01. The van der Waals surface area contributed by atoms with Crippen molar-refractivity contribution in [3.05, 3.63) is 30.1 Å². The average molecular weight is 275 g/mol. The fourth-order valence-electron chi connectivity index (χ4n) is 3.73. The molecule has 3 aliphatic carbocycles. The minimum atomic E-state index is -0.470. The summed E-state index contributed by atoms with van der Waals surface area (Å²) in [7, 11) is 1.87. The Balaban J connectivity index is 1.52. The number of nitrogens with one attached hydrogen (secondary N) is 1. The number of aliphatic hydroxyl groups excluding tert-OH is 1. The molecule has 0 radical (unpaired) electrons. The van der Waals surface area contributed by atoms with E-state index >= 15 is 0 Å². The van der Waals surface area contributed by atoms with Crippen LogP contribution in [-0.2, 0) is 7.05 Å². The molecule has 2 bridgehead atoms. The third-order valence-electron chi connectivity index (χ3n) is 5.01. The van der Waals surface area contributed by atoms with Gasteiger partial charge in [-0.1, -0.05) is 12.2 Å². The predicted octanol–water partition coefficient (Wildman–Crippen LogP) is 2.03. The molecule has 0 saturated heterocycles. The quantitative estimate of drug-likeness (QED) is 0.809. The Bertz CT molecular complexity index is 482. The van der Waals surface area contributed by atoms with Crippen LogP contribution in [0.15, 0.2) is 24.5 Å². The maximum atomic E-state index is 10.2. The first-order valence-corrected chi connectivity index (χ1v) is 7.72. The first-order chi connectivity index (χ1) is 9.63. The van der Waals surface area contributed by atoms with Gasteiger partial charge < -0.3 is 10.4 Å². The number of hydrogen-bond donors (Lipinski definition) is 2. The molecule has 1 aromatic rings. The van der Waals surface area contributed by atoms with Crippen LogP contribution in [0.3, 0.4) is 0 Å². The minimum Gasteiger partial charge on any atom is -0.387 e. The second kappa shape index (κ2) is 5.70. The maximum absolute atomic E-state index is 10.2. The molecule has 5 atom stereocenters. The highest BCUT2D eigenvalue weighted by Gasteiger charge is 2.34. The Morgan fingerprint density at radius 1 is 1.45 bits per heavy atom. The first-order valence-electron chi connectivity index (χ1n) is 7.72.